The minimum Gasteiger partial charge on any atom is -0.477 e. The van der Waals surface area contributed by atoms with Gasteiger partial charge in [0, 0.05) is 0 Å². The first-order valence-corrected chi connectivity index (χ1v) is 19.6. The average molecular weight is 595 g/mol. The van der Waals surface area contributed by atoms with Crippen LogP contribution in [0.2, 0.25) is 0 Å². The molecular formula is C39H80NO2+. The number of carboxylic acid groups (broad SMARTS) is 1. The molecule has 0 aromatic carbocycles. The number of nitrogens with zero attached hydrogens (tertiary/aromatic N) is 1. The highest BCUT2D eigenvalue weighted by molar-refractivity contribution is 5.71. The first-order valence-electron chi connectivity index (χ1n) is 19.6. The van der Waals surface area contributed by atoms with Crippen molar-refractivity contribution in [2.24, 2.45) is 0 Å². The molecule has 0 aliphatic rings. The van der Waals surface area contributed by atoms with Crippen LogP contribution in [0.25, 0.3) is 0 Å². The molecule has 1 N–H and O–H groups in total. The number of hydrogen-bond donors (Lipinski definition) is 1. The zero-order chi connectivity index (χ0) is 31.0. The summed E-state index contributed by atoms with van der Waals surface area (Å²) in [6.07, 6.45) is 40.4. The van der Waals surface area contributed by atoms with Gasteiger partial charge in [-0.1, -0.05) is 175 Å². The minimum absolute atomic E-state index is 0.277. The molecule has 0 aromatic heterocycles. The monoisotopic (exact) mass is 595 g/mol. The summed E-state index contributed by atoms with van der Waals surface area (Å²) in [5.74, 6) is -0.582. The second kappa shape index (κ2) is 31.8. The van der Waals surface area contributed by atoms with Gasteiger partial charge < -0.3 is 9.59 Å². The molecule has 0 radical (unpaired) electrons. The van der Waals surface area contributed by atoms with Gasteiger partial charge in [0.1, 0.15) is 0 Å². The molecular weight excluding hydrogens is 514 g/mol. The molecule has 3 nitrogen and oxygen atoms in total. The number of carboxylic acids is 1. The van der Waals surface area contributed by atoms with Crippen molar-refractivity contribution in [3.8, 4) is 0 Å². The van der Waals surface area contributed by atoms with Gasteiger partial charge >= 0.3 is 5.97 Å². The van der Waals surface area contributed by atoms with Gasteiger partial charge in [0.05, 0.1) is 19.6 Å². The number of carbonyl (C=O) groups is 1. The Morgan fingerprint density at radius 3 is 0.786 bits per heavy atom. The largest absolute Gasteiger partial charge is 0.477 e. The fraction of sp³-hybridized carbons (Fsp3) is 0.974. The van der Waals surface area contributed by atoms with E-state index in [0.717, 1.165) is 24.1 Å². The van der Waals surface area contributed by atoms with Crippen molar-refractivity contribution in [3.05, 3.63) is 0 Å². The lowest BCUT2D eigenvalue weighted by atomic mass is 10.0. The lowest BCUT2D eigenvalue weighted by Crippen LogP contribution is -2.59. The predicted octanol–water partition coefficient (Wildman–Crippen LogP) is 13.0. The van der Waals surface area contributed by atoms with Gasteiger partial charge in [0.15, 0.2) is 6.04 Å². The molecule has 0 rings (SSSR count). The molecule has 0 aliphatic carbocycles. The van der Waals surface area contributed by atoms with Crippen LogP contribution in [0.4, 0.5) is 0 Å². The Morgan fingerprint density at radius 1 is 0.405 bits per heavy atom. The van der Waals surface area contributed by atoms with Gasteiger partial charge in [-0.3, -0.25) is 0 Å². The van der Waals surface area contributed by atoms with E-state index in [-0.39, 0.29) is 6.04 Å². The first-order chi connectivity index (χ1) is 20.5. The Labute approximate surface area is 266 Å². The van der Waals surface area contributed by atoms with Crippen LogP contribution in [0.3, 0.4) is 0 Å². The van der Waals surface area contributed by atoms with Gasteiger partial charge in [0.2, 0.25) is 0 Å². The van der Waals surface area contributed by atoms with Crippen LogP contribution in [-0.2, 0) is 4.79 Å². The molecule has 0 heterocycles. The van der Waals surface area contributed by atoms with Crippen molar-refractivity contribution < 1.29 is 14.4 Å². The van der Waals surface area contributed by atoms with E-state index in [1.165, 1.54) is 193 Å². The van der Waals surface area contributed by atoms with Crippen molar-refractivity contribution in [1.82, 2.24) is 0 Å². The van der Waals surface area contributed by atoms with Crippen LogP contribution >= 0.6 is 0 Å². The summed E-state index contributed by atoms with van der Waals surface area (Å²) in [6.45, 7) is 12.1. The van der Waals surface area contributed by atoms with E-state index in [9.17, 15) is 9.90 Å². The molecule has 0 fully saturated rings. The van der Waals surface area contributed by atoms with Gasteiger partial charge in [-0.15, -0.1) is 0 Å². The lowest BCUT2D eigenvalue weighted by Gasteiger charge is -2.42. The summed E-state index contributed by atoms with van der Waals surface area (Å²) < 4.78 is 0.834. The van der Waals surface area contributed by atoms with Crippen molar-refractivity contribution in [3.63, 3.8) is 0 Å². The van der Waals surface area contributed by atoms with E-state index in [0.29, 0.717) is 0 Å². The highest BCUT2D eigenvalue weighted by Gasteiger charge is 2.37. The smallest absolute Gasteiger partial charge is 0.362 e. The maximum Gasteiger partial charge on any atom is 0.362 e. The Morgan fingerprint density at radius 2 is 0.595 bits per heavy atom. The number of quaternary nitrogens is 1. The Kier molecular flexibility index (Phi) is 31.4. The van der Waals surface area contributed by atoms with E-state index < -0.39 is 5.97 Å². The van der Waals surface area contributed by atoms with E-state index in [2.05, 4.69) is 20.8 Å². The topological polar surface area (TPSA) is 37.3 Å². The molecule has 0 aromatic rings. The summed E-state index contributed by atoms with van der Waals surface area (Å²) in [6, 6.07) is -0.277. The molecule has 0 spiro atoms. The van der Waals surface area contributed by atoms with E-state index >= 15 is 0 Å². The van der Waals surface area contributed by atoms with E-state index in [4.69, 9.17) is 0 Å². The fourth-order valence-corrected chi connectivity index (χ4v) is 6.89. The highest BCUT2D eigenvalue weighted by atomic mass is 16.4. The molecule has 0 bridgehead atoms. The van der Waals surface area contributed by atoms with Crippen LogP contribution in [0, 0.1) is 0 Å². The molecule has 42 heavy (non-hydrogen) atoms. The number of unbranched alkanes of at least 4 members (excludes halogenated alkanes) is 27. The first kappa shape index (κ1) is 41.4. The molecule has 3 heteroatoms. The molecule has 0 saturated carbocycles. The fourth-order valence-electron chi connectivity index (χ4n) is 6.89. The maximum atomic E-state index is 12.4. The Bertz CT molecular complexity index is 489. The van der Waals surface area contributed by atoms with Crippen LogP contribution in [0.15, 0.2) is 0 Å². The molecule has 0 amide bonds. The summed E-state index contributed by atoms with van der Waals surface area (Å²) in [7, 11) is 0. The van der Waals surface area contributed by atoms with Crippen molar-refractivity contribution in [1.29, 1.82) is 0 Å². The van der Waals surface area contributed by atoms with Crippen LogP contribution < -0.4 is 0 Å². The molecule has 0 saturated heterocycles. The zero-order valence-electron chi connectivity index (χ0n) is 29.7. The van der Waals surface area contributed by atoms with Gasteiger partial charge in [-0.2, -0.15) is 0 Å². The number of hydrogen-bond acceptors (Lipinski definition) is 1. The van der Waals surface area contributed by atoms with Crippen molar-refractivity contribution in [2.45, 2.75) is 226 Å². The van der Waals surface area contributed by atoms with Crippen LogP contribution in [0.1, 0.15) is 220 Å². The number of aliphatic carboxylic acids is 1. The number of rotatable bonds is 35. The van der Waals surface area contributed by atoms with Crippen LogP contribution in [-0.4, -0.2) is 41.2 Å². The molecule has 0 aliphatic heterocycles. The van der Waals surface area contributed by atoms with Gasteiger partial charge in [0.25, 0.3) is 0 Å². The highest BCUT2D eigenvalue weighted by Crippen LogP contribution is 2.23. The molecule has 1 unspecified atom stereocenters. The normalized spacial score (nSPS) is 12.7. The lowest BCUT2D eigenvalue weighted by molar-refractivity contribution is -0.942. The third-order valence-corrected chi connectivity index (χ3v) is 10.0. The third kappa shape index (κ3) is 24.8. The third-order valence-electron chi connectivity index (χ3n) is 10.0. The Balaban J connectivity index is 4.68. The summed E-state index contributed by atoms with van der Waals surface area (Å²) in [5, 5.41) is 10.2. The summed E-state index contributed by atoms with van der Waals surface area (Å²) >= 11 is 0. The second-order valence-electron chi connectivity index (χ2n) is 13.9. The van der Waals surface area contributed by atoms with Crippen molar-refractivity contribution in [2.75, 3.05) is 19.6 Å². The van der Waals surface area contributed by atoms with Crippen molar-refractivity contribution >= 4 is 5.97 Å². The van der Waals surface area contributed by atoms with E-state index in [1.807, 2.05) is 6.92 Å². The zero-order valence-corrected chi connectivity index (χ0v) is 29.7. The van der Waals surface area contributed by atoms with Gasteiger partial charge in [-0.05, 0) is 45.4 Å². The quantitative estimate of drug-likeness (QED) is 0.0585. The maximum absolute atomic E-state index is 12.4. The Hall–Kier alpha value is -0.570. The molecule has 252 valence electrons. The average Bonchev–Trinajstić information content (AvgIpc) is 2.99. The standard InChI is InChI=1S/C39H79NO2/c1-5-8-11-14-17-20-23-26-29-32-35-40(38(4)39(41)42,36-33-30-27-24-21-18-15-12-9-6-2)37-34-31-28-25-22-19-16-13-10-7-3/h38H,5-37H2,1-4H3/p+1. The second-order valence-corrected chi connectivity index (χ2v) is 13.9. The molecule has 1 atom stereocenters. The SMILES string of the molecule is CCCCCCCCCCCC[N+](CCCCCCCCCCCC)(CCCCCCCCCCCC)C(C)C(=O)O. The van der Waals surface area contributed by atoms with Gasteiger partial charge in [-0.25, -0.2) is 4.79 Å². The van der Waals surface area contributed by atoms with E-state index in [1.54, 1.807) is 0 Å². The summed E-state index contributed by atoms with van der Waals surface area (Å²) in [4.78, 5) is 12.4. The van der Waals surface area contributed by atoms with Crippen LogP contribution in [0.5, 0.6) is 0 Å². The predicted molar refractivity (Wildman–Crippen MR) is 187 cm³/mol. The minimum atomic E-state index is -0.582. The summed E-state index contributed by atoms with van der Waals surface area (Å²) in [5.41, 5.74) is 0.